The summed E-state index contributed by atoms with van der Waals surface area (Å²) in [5, 5.41) is 3.93. The number of hydrogen-bond donors (Lipinski definition) is 1. The van der Waals surface area contributed by atoms with E-state index in [0.29, 0.717) is 0 Å². The van der Waals surface area contributed by atoms with Crippen molar-refractivity contribution in [2.24, 2.45) is 0 Å². The highest BCUT2D eigenvalue weighted by molar-refractivity contribution is 6.30. The first-order valence-electron chi connectivity index (χ1n) is 4.43. The van der Waals surface area contributed by atoms with Gasteiger partial charge in [0.2, 0.25) is 0 Å². The fourth-order valence-electron chi connectivity index (χ4n) is 1.38. The first kappa shape index (κ1) is 10.4. The van der Waals surface area contributed by atoms with Crippen LogP contribution >= 0.6 is 11.6 Å². The Labute approximate surface area is 85.1 Å². The first-order chi connectivity index (χ1) is 5.95. The third-order valence-corrected chi connectivity index (χ3v) is 2.29. The quantitative estimate of drug-likeness (QED) is 0.725. The van der Waals surface area contributed by atoms with Crippen molar-refractivity contribution in [1.82, 2.24) is 0 Å². The van der Waals surface area contributed by atoms with Gasteiger partial charge in [-0.1, -0.05) is 38.4 Å². The molecule has 0 unspecified atom stereocenters. The van der Waals surface area contributed by atoms with E-state index in [1.54, 1.807) is 0 Å². The van der Waals surface area contributed by atoms with Crippen LogP contribution in [-0.2, 0) is 5.41 Å². The van der Waals surface area contributed by atoms with Gasteiger partial charge in [-0.3, -0.25) is 0 Å². The molecule has 0 fully saturated rings. The number of halogens is 1. The van der Waals surface area contributed by atoms with Crippen LogP contribution in [0.2, 0.25) is 5.02 Å². The molecule has 0 heterocycles. The molecule has 0 saturated carbocycles. The SMILES string of the molecule is CNc1cc(Cl)ccc1C(C)(C)C. The van der Waals surface area contributed by atoms with Crippen LogP contribution in [0.4, 0.5) is 5.69 Å². The van der Waals surface area contributed by atoms with Gasteiger partial charge in [0.1, 0.15) is 0 Å². The summed E-state index contributed by atoms with van der Waals surface area (Å²) in [5.41, 5.74) is 2.56. The highest BCUT2D eigenvalue weighted by atomic mass is 35.5. The molecule has 0 aromatic heterocycles. The molecule has 0 aliphatic carbocycles. The predicted octanol–water partition coefficient (Wildman–Crippen LogP) is 3.68. The van der Waals surface area contributed by atoms with E-state index < -0.39 is 0 Å². The molecular formula is C11H16ClN. The van der Waals surface area contributed by atoms with Gasteiger partial charge in [-0.05, 0) is 23.1 Å². The second kappa shape index (κ2) is 3.59. The van der Waals surface area contributed by atoms with Crippen LogP contribution in [0.25, 0.3) is 0 Å². The average Bonchev–Trinajstić information content (AvgIpc) is 2.01. The second-order valence-electron chi connectivity index (χ2n) is 4.19. The molecule has 2 heteroatoms. The van der Waals surface area contributed by atoms with E-state index in [4.69, 9.17) is 11.6 Å². The van der Waals surface area contributed by atoms with Crippen molar-refractivity contribution >= 4 is 17.3 Å². The van der Waals surface area contributed by atoms with Gasteiger partial charge in [0.05, 0.1) is 0 Å². The lowest BCUT2D eigenvalue weighted by Crippen LogP contribution is -2.13. The highest BCUT2D eigenvalue weighted by Crippen LogP contribution is 2.31. The van der Waals surface area contributed by atoms with Crippen molar-refractivity contribution in [2.45, 2.75) is 26.2 Å². The summed E-state index contributed by atoms with van der Waals surface area (Å²) in [4.78, 5) is 0. The van der Waals surface area contributed by atoms with Gasteiger partial charge in [-0.15, -0.1) is 0 Å². The number of rotatable bonds is 1. The van der Waals surface area contributed by atoms with Crippen LogP contribution in [0.1, 0.15) is 26.3 Å². The molecule has 1 nitrogen and oxygen atoms in total. The molecule has 72 valence electrons. The maximum absolute atomic E-state index is 5.91. The Kier molecular flexibility index (Phi) is 2.87. The van der Waals surface area contributed by atoms with Crippen molar-refractivity contribution < 1.29 is 0 Å². The largest absolute Gasteiger partial charge is 0.388 e. The number of nitrogens with one attached hydrogen (secondary N) is 1. The summed E-state index contributed by atoms with van der Waals surface area (Å²) in [7, 11) is 1.92. The Morgan fingerprint density at radius 2 is 1.85 bits per heavy atom. The van der Waals surface area contributed by atoms with Crippen LogP contribution in [0.15, 0.2) is 18.2 Å². The highest BCUT2D eigenvalue weighted by Gasteiger charge is 2.17. The molecule has 0 atom stereocenters. The topological polar surface area (TPSA) is 12.0 Å². The summed E-state index contributed by atoms with van der Waals surface area (Å²) in [6.07, 6.45) is 0. The van der Waals surface area contributed by atoms with Gasteiger partial charge in [-0.2, -0.15) is 0 Å². The van der Waals surface area contributed by atoms with E-state index in [1.165, 1.54) is 5.56 Å². The van der Waals surface area contributed by atoms with Crippen molar-refractivity contribution in [3.8, 4) is 0 Å². The second-order valence-corrected chi connectivity index (χ2v) is 4.63. The van der Waals surface area contributed by atoms with Gasteiger partial charge in [0.15, 0.2) is 0 Å². The Bertz CT molecular complexity index is 299. The molecule has 1 aromatic rings. The van der Waals surface area contributed by atoms with E-state index >= 15 is 0 Å². The normalized spacial score (nSPS) is 11.5. The fraction of sp³-hybridized carbons (Fsp3) is 0.455. The molecule has 1 rings (SSSR count). The number of benzene rings is 1. The smallest absolute Gasteiger partial charge is 0.0426 e. The van der Waals surface area contributed by atoms with Gasteiger partial charge in [-0.25, -0.2) is 0 Å². The van der Waals surface area contributed by atoms with Gasteiger partial charge >= 0.3 is 0 Å². The number of hydrogen-bond acceptors (Lipinski definition) is 1. The van der Waals surface area contributed by atoms with E-state index in [-0.39, 0.29) is 5.41 Å². The average molecular weight is 198 g/mol. The minimum absolute atomic E-state index is 0.156. The van der Waals surface area contributed by atoms with Crippen molar-refractivity contribution in [2.75, 3.05) is 12.4 Å². The summed E-state index contributed by atoms with van der Waals surface area (Å²) >= 11 is 5.91. The lowest BCUT2D eigenvalue weighted by molar-refractivity contribution is 0.592. The molecule has 13 heavy (non-hydrogen) atoms. The van der Waals surface area contributed by atoms with E-state index in [2.05, 4.69) is 32.2 Å². The third kappa shape index (κ3) is 2.38. The molecule has 0 spiro atoms. The molecule has 0 saturated heterocycles. The monoisotopic (exact) mass is 197 g/mol. The molecule has 0 amide bonds. The Balaban J connectivity index is 3.22. The van der Waals surface area contributed by atoms with Gasteiger partial charge in [0, 0.05) is 17.8 Å². The Morgan fingerprint density at radius 3 is 2.31 bits per heavy atom. The maximum atomic E-state index is 5.91. The van der Waals surface area contributed by atoms with Crippen molar-refractivity contribution in [3.05, 3.63) is 28.8 Å². The molecule has 0 bridgehead atoms. The molecule has 1 aromatic carbocycles. The molecule has 0 radical (unpaired) electrons. The zero-order valence-corrected chi connectivity index (χ0v) is 9.37. The van der Waals surface area contributed by atoms with Crippen molar-refractivity contribution in [3.63, 3.8) is 0 Å². The molecule has 0 aliphatic rings. The zero-order chi connectivity index (χ0) is 10.1. The molecular weight excluding hydrogens is 182 g/mol. The predicted molar refractivity (Wildman–Crippen MR) is 59.7 cm³/mol. The maximum Gasteiger partial charge on any atom is 0.0426 e. The van der Waals surface area contributed by atoms with Gasteiger partial charge in [0.25, 0.3) is 0 Å². The van der Waals surface area contributed by atoms with Crippen LogP contribution in [0.3, 0.4) is 0 Å². The fourth-order valence-corrected chi connectivity index (χ4v) is 1.55. The van der Waals surface area contributed by atoms with E-state index in [0.717, 1.165) is 10.7 Å². The zero-order valence-electron chi connectivity index (χ0n) is 8.61. The standard InChI is InChI=1S/C11H16ClN/c1-11(2,3)9-6-5-8(12)7-10(9)13-4/h5-7,13H,1-4H3. The molecule has 0 aliphatic heterocycles. The molecule has 1 N–H and O–H groups in total. The Morgan fingerprint density at radius 1 is 1.23 bits per heavy atom. The summed E-state index contributed by atoms with van der Waals surface area (Å²) in [5.74, 6) is 0. The summed E-state index contributed by atoms with van der Waals surface area (Å²) in [6, 6.07) is 5.97. The first-order valence-corrected chi connectivity index (χ1v) is 4.80. The lowest BCUT2D eigenvalue weighted by Gasteiger charge is -2.22. The minimum atomic E-state index is 0.156. The lowest BCUT2D eigenvalue weighted by atomic mass is 9.86. The third-order valence-electron chi connectivity index (χ3n) is 2.06. The summed E-state index contributed by atoms with van der Waals surface area (Å²) < 4.78 is 0. The van der Waals surface area contributed by atoms with Crippen LogP contribution in [0.5, 0.6) is 0 Å². The van der Waals surface area contributed by atoms with Crippen LogP contribution < -0.4 is 5.32 Å². The number of anilines is 1. The van der Waals surface area contributed by atoms with Gasteiger partial charge < -0.3 is 5.32 Å². The van der Waals surface area contributed by atoms with Crippen LogP contribution in [-0.4, -0.2) is 7.05 Å². The minimum Gasteiger partial charge on any atom is -0.388 e. The van der Waals surface area contributed by atoms with E-state index in [1.807, 2.05) is 19.2 Å². The van der Waals surface area contributed by atoms with Crippen LogP contribution in [0, 0.1) is 0 Å². The Hall–Kier alpha value is -0.690. The van der Waals surface area contributed by atoms with Crippen molar-refractivity contribution in [1.29, 1.82) is 0 Å². The summed E-state index contributed by atoms with van der Waals surface area (Å²) in [6.45, 7) is 6.57. The van der Waals surface area contributed by atoms with E-state index in [9.17, 15) is 0 Å².